The van der Waals surface area contributed by atoms with Crippen LogP contribution < -0.4 is 15.6 Å². The molecule has 142 valence electrons. The number of benzene rings is 1. The van der Waals surface area contributed by atoms with E-state index in [2.05, 4.69) is 5.32 Å². The molecule has 8 nitrogen and oxygen atoms in total. The molecule has 2 heterocycles. The average molecular weight is 371 g/mol. The van der Waals surface area contributed by atoms with Crippen molar-refractivity contribution in [3.63, 3.8) is 0 Å². The largest absolute Gasteiger partial charge is 0.502 e. The summed E-state index contributed by atoms with van der Waals surface area (Å²) in [6.07, 6.45) is 0.363. The molecule has 1 aromatic heterocycles. The van der Waals surface area contributed by atoms with Gasteiger partial charge in [0.1, 0.15) is 11.4 Å². The Hall–Kier alpha value is -3.29. The second kappa shape index (κ2) is 7.14. The van der Waals surface area contributed by atoms with Crippen LogP contribution in [0, 0.1) is 0 Å². The van der Waals surface area contributed by atoms with E-state index >= 15 is 0 Å². The number of fused-ring (bicyclic) bond motifs is 1. The van der Waals surface area contributed by atoms with Crippen molar-refractivity contribution in [2.45, 2.75) is 13.0 Å². The Morgan fingerprint density at radius 3 is 2.52 bits per heavy atom. The topological polar surface area (TPSA) is 101 Å². The SMILES string of the molecule is CNC(=O)c1c2c(c(O)c(=O)n1C)C(=O)N(Cc1ccc(OC)cc1)CC2. The zero-order valence-corrected chi connectivity index (χ0v) is 15.4. The van der Waals surface area contributed by atoms with Crippen molar-refractivity contribution in [2.24, 2.45) is 7.05 Å². The van der Waals surface area contributed by atoms with Crippen LogP contribution in [-0.2, 0) is 20.0 Å². The van der Waals surface area contributed by atoms with Gasteiger partial charge in [-0.15, -0.1) is 0 Å². The number of aromatic hydroxyl groups is 1. The highest BCUT2D eigenvalue weighted by molar-refractivity contribution is 6.03. The van der Waals surface area contributed by atoms with Crippen molar-refractivity contribution in [3.8, 4) is 11.5 Å². The fraction of sp³-hybridized carbons (Fsp3) is 0.316. The summed E-state index contributed by atoms with van der Waals surface area (Å²) in [6.45, 7) is 0.700. The Labute approximate surface area is 156 Å². The summed E-state index contributed by atoms with van der Waals surface area (Å²) in [4.78, 5) is 39.0. The molecule has 0 saturated carbocycles. The first-order valence-electron chi connectivity index (χ1n) is 8.48. The predicted octanol–water partition coefficient (Wildman–Crippen LogP) is 0.658. The number of ether oxygens (including phenoxy) is 1. The van der Waals surface area contributed by atoms with Gasteiger partial charge in [0.2, 0.25) is 0 Å². The van der Waals surface area contributed by atoms with E-state index in [1.165, 1.54) is 14.1 Å². The predicted molar refractivity (Wildman–Crippen MR) is 98.2 cm³/mol. The summed E-state index contributed by atoms with van der Waals surface area (Å²) in [5.74, 6) is -0.843. The maximum absolute atomic E-state index is 13.0. The van der Waals surface area contributed by atoms with Gasteiger partial charge in [-0.05, 0) is 24.1 Å². The molecule has 0 bridgehead atoms. The van der Waals surface area contributed by atoms with Crippen molar-refractivity contribution in [3.05, 3.63) is 57.0 Å². The van der Waals surface area contributed by atoms with E-state index in [-0.39, 0.29) is 11.3 Å². The molecule has 0 atom stereocenters. The minimum atomic E-state index is -0.771. The fourth-order valence-electron chi connectivity index (χ4n) is 3.32. The van der Waals surface area contributed by atoms with E-state index in [4.69, 9.17) is 4.74 Å². The molecule has 1 aromatic carbocycles. The maximum atomic E-state index is 13.0. The summed E-state index contributed by atoms with van der Waals surface area (Å²) in [7, 11) is 4.43. The smallest absolute Gasteiger partial charge is 0.293 e. The monoisotopic (exact) mass is 371 g/mol. The summed E-state index contributed by atoms with van der Waals surface area (Å²) < 4.78 is 6.21. The zero-order chi connectivity index (χ0) is 19.7. The van der Waals surface area contributed by atoms with Gasteiger partial charge in [-0.3, -0.25) is 14.4 Å². The Morgan fingerprint density at radius 2 is 1.93 bits per heavy atom. The van der Waals surface area contributed by atoms with E-state index in [9.17, 15) is 19.5 Å². The maximum Gasteiger partial charge on any atom is 0.293 e. The number of pyridine rings is 1. The molecule has 0 fully saturated rings. The van der Waals surface area contributed by atoms with Crippen molar-refractivity contribution < 1.29 is 19.4 Å². The third kappa shape index (κ3) is 3.14. The number of nitrogens with zero attached hydrogens (tertiary/aromatic N) is 2. The van der Waals surface area contributed by atoms with Gasteiger partial charge < -0.3 is 24.6 Å². The van der Waals surface area contributed by atoms with E-state index in [0.717, 1.165) is 10.1 Å². The highest BCUT2D eigenvalue weighted by Crippen LogP contribution is 2.28. The van der Waals surface area contributed by atoms with Crippen LogP contribution in [0.15, 0.2) is 29.1 Å². The first-order valence-corrected chi connectivity index (χ1v) is 8.48. The lowest BCUT2D eigenvalue weighted by Crippen LogP contribution is -2.41. The minimum Gasteiger partial charge on any atom is -0.502 e. The number of aromatic nitrogens is 1. The quantitative estimate of drug-likeness (QED) is 0.822. The van der Waals surface area contributed by atoms with Gasteiger partial charge in [0, 0.05) is 32.7 Å². The third-order valence-corrected chi connectivity index (χ3v) is 4.77. The van der Waals surface area contributed by atoms with Crippen LogP contribution in [0.4, 0.5) is 0 Å². The van der Waals surface area contributed by atoms with Gasteiger partial charge in [0.05, 0.1) is 12.7 Å². The minimum absolute atomic E-state index is 0.0866. The van der Waals surface area contributed by atoms with Crippen molar-refractivity contribution >= 4 is 11.8 Å². The molecule has 3 rings (SSSR count). The standard InChI is InChI=1S/C19H21N3O5/c1-20-17(24)15-13-8-9-22(10-11-4-6-12(27-3)7-5-11)18(25)14(13)16(23)19(26)21(15)2/h4-7,23H,8-10H2,1-3H3,(H,20,24). The molecular formula is C19H21N3O5. The summed E-state index contributed by atoms with van der Waals surface area (Å²) >= 11 is 0. The van der Waals surface area contributed by atoms with Gasteiger partial charge in [-0.2, -0.15) is 0 Å². The van der Waals surface area contributed by atoms with Crippen LogP contribution in [0.5, 0.6) is 11.5 Å². The Kier molecular flexibility index (Phi) is 4.89. The molecule has 8 heteroatoms. The van der Waals surface area contributed by atoms with E-state index < -0.39 is 23.1 Å². The van der Waals surface area contributed by atoms with Crippen LogP contribution in [0.1, 0.15) is 32.0 Å². The van der Waals surface area contributed by atoms with Gasteiger partial charge in [-0.1, -0.05) is 12.1 Å². The normalized spacial score (nSPS) is 13.3. The van der Waals surface area contributed by atoms with Gasteiger partial charge >= 0.3 is 0 Å². The highest BCUT2D eigenvalue weighted by Gasteiger charge is 2.33. The number of carbonyl (C=O) groups is 2. The van der Waals surface area contributed by atoms with E-state index in [1.54, 1.807) is 24.1 Å². The van der Waals surface area contributed by atoms with Crippen LogP contribution >= 0.6 is 0 Å². The van der Waals surface area contributed by atoms with Crippen molar-refractivity contribution in [1.29, 1.82) is 0 Å². The first-order chi connectivity index (χ1) is 12.9. The number of hydrogen-bond acceptors (Lipinski definition) is 5. The van der Waals surface area contributed by atoms with E-state index in [1.807, 2.05) is 12.1 Å². The van der Waals surface area contributed by atoms with Gasteiger partial charge in [0.15, 0.2) is 5.75 Å². The molecule has 0 spiro atoms. The van der Waals surface area contributed by atoms with Crippen LogP contribution in [0.3, 0.4) is 0 Å². The first kappa shape index (κ1) is 18.5. The molecule has 2 N–H and O–H groups in total. The molecule has 0 aliphatic carbocycles. The number of hydrogen-bond donors (Lipinski definition) is 2. The second-order valence-corrected chi connectivity index (χ2v) is 6.32. The molecule has 2 amide bonds. The molecule has 0 saturated heterocycles. The Bertz CT molecular complexity index is 963. The number of carbonyl (C=O) groups excluding carboxylic acids is 2. The molecule has 1 aliphatic heterocycles. The number of nitrogens with one attached hydrogen (secondary N) is 1. The molecule has 2 aromatic rings. The Balaban J connectivity index is 2.00. The van der Waals surface area contributed by atoms with Gasteiger partial charge in [0.25, 0.3) is 17.4 Å². The molecule has 0 radical (unpaired) electrons. The Morgan fingerprint density at radius 1 is 1.26 bits per heavy atom. The molecule has 27 heavy (non-hydrogen) atoms. The van der Waals surface area contributed by atoms with Gasteiger partial charge in [-0.25, -0.2) is 0 Å². The van der Waals surface area contributed by atoms with Crippen LogP contribution in [0.25, 0.3) is 0 Å². The lowest BCUT2D eigenvalue weighted by molar-refractivity contribution is 0.0721. The van der Waals surface area contributed by atoms with Crippen LogP contribution in [0.2, 0.25) is 0 Å². The van der Waals surface area contributed by atoms with Crippen molar-refractivity contribution in [2.75, 3.05) is 20.7 Å². The average Bonchev–Trinajstić information content (AvgIpc) is 2.68. The molecular weight excluding hydrogens is 350 g/mol. The number of methoxy groups -OCH3 is 1. The number of amides is 2. The molecule has 0 unspecified atom stereocenters. The second-order valence-electron chi connectivity index (χ2n) is 6.32. The fourth-order valence-corrected chi connectivity index (χ4v) is 3.32. The van der Waals surface area contributed by atoms with Crippen LogP contribution in [-0.4, -0.2) is 47.1 Å². The lowest BCUT2D eigenvalue weighted by atomic mass is 9.95. The number of rotatable bonds is 4. The lowest BCUT2D eigenvalue weighted by Gasteiger charge is -2.30. The molecule has 1 aliphatic rings. The third-order valence-electron chi connectivity index (χ3n) is 4.77. The highest BCUT2D eigenvalue weighted by atomic mass is 16.5. The zero-order valence-electron chi connectivity index (χ0n) is 15.4. The summed E-state index contributed by atoms with van der Waals surface area (Å²) in [5.41, 5.74) is 0.531. The summed E-state index contributed by atoms with van der Waals surface area (Å²) in [5, 5.41) is 12.8. The summed E-state index contributed by atoms with van der Waals surface area (Å²) in [6, 6.07) is 7.30. The van der Waals surface area contributed by atoms with Crippen molar-refractivity contribution in [1.82, 2.24) is 14.8 Å². The van der Waals surface area contributed by atoms with E-state index in [0.29, 0.717) is 30.8 Å².